The first-order valence-corrected chi connectivity index (χ1v) is 6.84. The second kappa shape index (κ2) is 4.93. The maximum absolute atomic E-state index is 10.9. The van der Waals surface area contributed by atoms with Gasteiger partial charge in [-0.05, 0) is 47.1 Å². The van der Waals surface area contributed by atoms with Gasteiger partial charge in [0, 0.05) is 6.42 Å². The van der Waals surface area contributed by atoms with E-state index in [1.807, 2.05) is 0 Å². The molecule has 2 aromatic rings. The van der Waals surface area contributed by atoms with E-state index in [0.29, 0.717) is 12.3 Å². The molecule has 1 aliphatic carbocycles. The van der Waals surface area contributed by atoms with Gasteiger partial charge in [0.15, 0.2) is 0 Å². The van der Waals surface area contributed by atoms with E-state index in [1.165, 1.54) is 34.7 Å². The molecule has 0 heterocycles. The van der Waals surface area contributed by atoms with Crippen LogP contribution in [0.5, 0.6) is 0 Å². The molecular formula is C17H18O. The molecule has 0 saturated heterocycles. The van der Waals surface area contributed by atoms with E-state index in [4.69, 9.17) is 0 Å². The van der Waals surface area contributed by atoms with Crippen molar-refractivity contribution in [2.24, 2.45) is 0 Å². The molecule has 18 heavy (non-hydrogen) atoms. The van der Waals surface area contributed by atoms with Gasteiger partial charge < -0.3 is 4.79 Å². The average molecular weight is 238 g/mol. The van der Waals surface area contributed by atoms with Crippen molar-refractivity contribution < 1.29 is 4.79 Å². The summed E-state index contributed by atoms with van der Waals surface area (Å²) in [4.78, 5) is 10.9. The zero-order chi connectivity index (χ0) is 12.4. The number of aldehydes is 1. The third-order valence-electron chi connectivity index (χ3n) is 4.10. The number of rotatable bonds is 2. The van der Waals surface area contributed by atoms with Crippen molar-refractivity contribution in [1.82, 2.24) is 0 Å². The monoisotopic (exact) mass is 238 g/mol. The maximum atomic E-state index is 10.9. The summed E-state index contributed by atoms with van der Waals surface area (Å²) in [6.45, 7) is 0. The molecule has 2 aromatic carbocycles. The number of hydrogen-bond donors (Lipinski definition) is 0. The SMILES string of the molecule is O=CC[C@H]1CCCCc2ccc3ccccc3c21. The third kappa shape index (κ3) is 1.94. The van der Waals surface area contributed by atoms with Crippen LogP contribution in [0.25, 0.3) is 10.8 Å². The molecule has 3 rings (SSSR count). The first-order valence-electron chi connectivity index (χ1n) is 6.84. The Kier molecular flexibility index (Phi) is 3.14. The van der Waals surface area contributed by atoms with Gasteiger partial charge >= 0.3 is 0 Å². The van der Waals surface area contributed by atoms with Gasteiger partial charge in [0.2, 0.25) is 0 Å². The van der Waals surface area contributed by atoms with E-state index < -0.39 is 0 Å². The van der Waals surface area contributed by atoms with Crippen molar-refractivity contribution in [3.63, 3.8) is 0 Å². The summed E-state index contributed by atoms with van der Waals surface area (Å²) in [7, 11) is 0. The topological polar surface area (TPSA) is 17.1 Å². The molecule has 0 fully saturated rings. The lowest BCUT2D eigenvalue weighted by Gasteiger charge is -2.18. The molecule has 0 spiro atoms. The number of hydrogen-bond acceptors (Lipinski definition) is 1. The van der Waals surface area contributed by atoms with Crippen LogP contribution in [-0.2, 0) is 11.2 Å². The maximum Gasteiger partial charge on any atom is 0.120 e. The normalized spacial score (nSPS) is 19.2. The first kappa shape index (κ1) is 11.5. The van der Waals surface area contributed by atoms with Crippen LogP contribution in [0.3, 0.4) is 0 Å². The van der Waals surface area contributed by atoms with Crippen LogP contribution in [0, 0.1) is 0 Å². The fraction of sp³-hybridized carbons (Fsp3) is 0.353. The minimum Gasteiger partial charge on any atom is -0.303 e. The van der Waals surface area contributed by atoms with E-state index >= 15 is 0 Å². The number of fused-ring (bicyclic) bond motifs is 3. The van der Waals surface area contributed by atoms with Crippen LogP contribution >= 0.6 is 0 Å². The van der Waals surface area contributed by atoms with Crippen LogP contribution in [0.2, 0.25) is 0 Å². The second-order valence-corrected chi connectivity index (χ2v) is 5.20. The zero-order valence-corrected chi connectivity index (χ0v) is 10.6. The molecule has 0 unspecified atom stereocenters. The van der Waals surface area contributed by atoms with Crippen molar-refractivity contribution in [3.8, 4) is 0 Å². The van der Waals surface area contributed by atoms with Crippen LogP contribution in [0.4, 0.5) is 0 Å². The summed E-state index contributed by atoms with van der Waals surface area (Å²) in [5.41, 5.74) is 2.90. The zero-order valence-electron chi connectivity index (χ0n) is 10.6. The molecule has 0 aromatic heterocycles. The highest BCUT2D eigenvalue weighted by Crippen LogP contribution is 2.37. The Balaban J connectivity index is 2.23. The van der Waals surface area contributed by atoms with E-state index in [0.717, 1.165) is 19.1 Å². The van der Waals surface area contributed by atoms with E-state index in [-0.39, 0.29) is 0 Å². The van der Waals surface area contributed by atoms with Crippen molar-refractivity contribution in [1.29, 1.82) is 0 Å². The van der Waals surface area contributed by atoms with Gasteiger partial charge in [-0.15, -0.1) is 0 Å². The number of carbonyl (C=O) groups excluding carboxylic acids is 1. The van der Waals surface area contributed by atoms with E-state index in [2.05, 4.69) is 36.4 Å². The van der Waals surface area contributed by atoms with Gasteiger partial charge in [0.1, 0.15) is 6.29 Å². The van der Waals surface area contributed by atoms with Crippen molar-refractivity contribution >= 4 is 17.1 Å². The highest BCUT2D eigenvalue weighted by atomic mass is 16.1. The number of benzene rings is 2. The number of carbonyl (C=O) groups is 1. The molecule has 0 radical (unpaired) electrons. The van der Waals surface area contributed by atoms with Crippen molar-refractivity contribution in [2.75, 3.05) is 0 Å². The minimum atomic E-state index is 0.422. The molecule has 0 N–H and O–H groups in total. The third-order valence-corrected chi connectivity index (χ3v) is 4.10. The smallest absolute Gasteiger partial charge is 0.120 e. The molecule has 1 atom stereocenters. The molecule has 1 heteroatoms. The van der Waals surface area contributed by atoms with Crippen molar-refractivity contribution in [3.05, 3.63) is 47.5 Å². The van der Waals surface area contributed by atoms with Gasteiger partial charge in [0.05, 0.1) is 0 Å². The van der Waals surface area contributed by atoms with Crippen LogP contribution in [-0.4, -0.2) is 6.29 Å². The standard InChI is InChI=1S/C17H18O/c18-12-11-15-7-2-1-6-14-10-9-13-5-3-4-8-16(13)17(14)15/h3-5,8-10,12,15H,1-2,6-7,11H2/t15-/m1/s1. The highest BCUT2D eigenvalue weighted by molar-refractivity contribution is 5.87. The predicted molar refractivity (Wildman–Crippen MR) is 74.9 cm³/mol. The van der Waals surface area contributed by atoms with Crippen LogP contribution in [0.1, 0.15) is 42.7 Å². The summed E-state index contributed by atoms with van der Waals surface area (Å²) in [6, 6.07) is 13.0. The summed E-state index contributed by atoms with van der Waals surface area (Å²) >= 11 is 0. The van der Waals surface area contributed by atoms with Crippen molar-refractivity contribution in [2.45, 2.75) is 38.0 Å². The Morgan fingerprint density at radius 2 is 2.00 bits per heavy atom. The predicted octanol–water partition coefficient (Wildman–Crippen LogP) is 4.24. The Morgan fingerprint density at radius 3 is 2.89 bits per heavy atom. The van der Waals surface area contributed by atoms with Crippen LogP contribution < -0.4 is 0 Å². The summed E-state index contributed by atoms with van der Waals surface area (Å²) in [5, 5.41) is 2.65. The van der Waals surface area contributed by atoms with Gasteiger partial charge in [0.25, 0.3) is 0 Å². The molecule has 0 saturated carbocycles. The average Bonchev–Trinajstić information content (AvgIpc) is 2.62. The van der Waals surface area contributed by atoms with Gasteiger partial charge in [-0.25, -0.2) is 0 Å². The lowest BCUT2D eigenvalue weighted by molar-refractivity contribution is -0.108. The Hall–Kier alpha value is -1.63. The molecule has 1 aliphatic rings. The van der Waals surface area contributed by atoms with Gasteiger partial charge in [-0.1, -0.05) is 42.8 Å². The largest absolute Gasteiger partial charge is 0.303 e. The van der Waals surface area contributed by atoms with E-state index in [1.54, 1.807) is 0 Å². The molecule has 0 bridgehead atoms. The Labute approximate surface area is 108 Å². The lowest BCUT2D eigenvalue weighted by atomic mass is 9.86. The minimum absolute atomic E-state index is 0.422. The first-order chi connectivity index (χ1) is 8.90. The molecule has 0 aliphatic heterocycles. The lowest BCUT2D eigenvalue weighted by Crippen LogP contribution is -2.02. The fourth-order valence-electron chi connectivity index (χ4n) is 3.24. The number of aryl methyl sites for hydroxylation is 1. The highest BCUT2D eigenvalue weighted by Gasteiger charge is 2.20. The van der Waals surface area contributed by atoms with Gasteiger partial charge in [-0.2, -0.15) is 0 Å². The molecular weight excluding hydrogens is 220 g/mol. The summed E-state index contributed by atoms with van der Waals surface area (Å²) in [5.74, 6) is 0.422. The molecule has 92 valence electrons. The summed E-state index contributed by atoms with van der Waals surface area (Å²) in [6.07, 6.45) is 6.56. The molecule has 0 amide bonds. The Morgan fingerprint density at radius 1 is 1.11 bits per heavy atom. The quantitative estimate of drug-likeness (QED) is 0.565. The fourth-order valence-corrected chi connectivity index (χ4v) is 3.24. The second-order valence-electron chi connectivity index (χ2n) is 5.20. The van der Waals surface area contributed by atoms with E-state index in [9.17, 15) is 4.79 Å². The summed E-state index contributed by atoms with van der Waals surface area (Å²) < 4.78 is 0. The molecule has 1 nitrogen and oxygen atoms in total. The Bertz CT molecular complexity index is 571. The van der Waals surface area contributed by atoms with Gasteiger partial charge in [-0.3, -0.25) is 0 Å². The van der Waals surface area contributed by atoms with Crippen LogP contribution in [0.15, 0.2) is 36.4 Å².